The van der Waals surface area contributed by atoms with Crippen LogP contribution in [0.15, 0.2) is 103 Å². The van der Waals surface area contributed by atoms with E-state index in [1.165, 1.54) is 6.07 Å². The van der Waals surface area contributed by atoms with Gasteiger partial charge < -0.3 is 15.2 Å². The van der Waals surface area contributed by atoms with E-state index in [0.29, 0.717) is 38.2 Å². The van der Waals surface area contributed by atoms with Gasteiger partial charge in [0.2, 0.25) is 0 Å². The number of benzene rings is 4. The predicted octanol–water partition coefficient (Wildman–Crippen LogP) is 8.01. The fraction of sp³-hybridized carbons (Fsp3) is 0.314. The lowest BCUT2D eigenvalue weighted by Crippen LogP contribution is -2.31. The standard InChI is InChI=1S/C35H38ClF3N2O2.ClH/c36-34-30(15-8-17-33(34)35(37,38)39)25-41(26-32(28-11-3-1-4-12-28)29-13-5-2-6-14-29)21-9-23-43-31-16-7-10-27(24-31)18-19-40-20-22-42;/h1-8,10-17,24,32,40,42H,9,18-23,25-26H2;1H. The second-order valence-electron chi connectivity index (χ2n) is 10.5. The van der Waals surface area contributed by atoms with Crippen LogP contribution >= 0.6 is 24.0 Å². The average Bonchev–Trinajstić information content (AvgIpc) is 3.01. The normalized spacial score (nSPS) is 11.5. The van der Waals surface area contributed by atoms with Crippen LogP contribution in [0.4, 0.5) is 13.2 Å². The van der Waals surface area contributed by atoms with Crippen LogP contribution in [-0.4, -0.2) is 49.4 Å². The number of aliphatic hydroxyl groups is 1. The molecule has 0 heterocycles. The summed E-state index contributed by atoms with van der Waals surface area (Å²) in [5, 5.41) is 11.9. The summed E-state index contributed by atoms with van der Waals surface area (Å²) in [5.74, 6) is 0.794. The molecule has 236 valence electrons. The van der Waals surface area contributed by atoms with Crippen molar-refractivity contribution in [3.8, 4) is 5.75 Å². The van der Waals surface area contributed by atoms with E-state index in [2.05, 4.69) is 34.5 Å². The third kappa shape index (κ3) is 10.8. The number of alkyl halides is 3. The molecule has 0 saturated heterocycles. The molecule has 0 spiro atoms. The number of ether oxygens (including phenoxy) is 1. The Labute approximate surface area is 269 Å². The van der Waals surface area contributed by atoms with E-state index in [9.17, 15) is 13.2 Å². The number of aliphatic hydroxyl groups excluding tert-OH is 1. The highest BCUT2D eigenvalue weighted by Gasteiger charge is 2.34. The first-order valence-corrected chi connectivity index (χ1v) is 14.9. The van der Waals surface area contributed by atoms with Gasteiger partial charge in [0.15, 0.2) is 0 Å². The fourth-order valence-electron chi connectivity index (χ4n) is 5.13. The maximum Gasteiger partial charge on any atom is 0.417 e. The van der Waals surface area contributed by atoms with Crippen molar-refractivity contribution in [1.82, 2.24) is 10.2 Å². The molecule has 0 amide bonds. The highest BCUT2D eigenvalue weighted by molar-refractivity contribution is 6.32. The van der Waals surface area contributed by atoms with E-state index in [1.807, 2.05) is 60.7 Å². The molecule has 0 unspecified atom stereocenters. The van der Waals surface area contributed by atoms with E-state index >= 15 is 0 Å². The fourth-order valence-corrected chi connectivity index (χ4v) is 5.43. The lowest BCUT2D eigenvalue weighted by molar-refractivity contribution is -0.137. The van der Waals surface area contributed by atoms with Crippen LogP contribution in [0.25, 0.3) is 0 Å². The second kappa shape index (κ2) is 18.0. The van der Waals surface area contributed by atoms with Gasteiger partial charge in [0.1, 0.15) is 5.75 Å². The molecule has 9 heteroatoms. The van der Waals surface area contributed by atoms with Crippen LogP contribution in [0.1, 0.15) is 40.2 Å². The molecule has 0 aliphatic rings. The van der Waals surface area contributed by atoms with E-state index in [-0.39, 0.29) is 36.5 Å². The van der Waals surface area contributed by atoms with Crippen molar-refractivity contribution in [3.63, 3.8) is 0 Å². The highest BCUT2D eigenvalue weighted by atomic mass is 35.5. The largest absolute Gasteiger partial charge is 0.494 e. The first kappa shape index (κ1) is 35.4. The van der Waals surface area contributed by atoms with E-state index in [4.69, 9.17) is 21.4 Å². The highest BCUT2D eigenvalue weighted by Crippen LogP contribution is 2.37. The smallest absolute Gasteiger partial charge is 0.417 e. The van der Waals surface area contributed by atoms with Gasteiger partial charge in [-0.3, -0.25) is 4.90 Å². The molecule has 0 aliphatic heterocycles. The van der Waals surface area contributed by atoms with Gasteiger partial charge in [-0.15, -0.1) is 12.4 Å². The van der Waals surface area contributed by atoms with Gasteiger partial charge in [-0.2, -0.15) is 13.2 Å². The molecular weight excluding hydrogens is 608 g/mol. The van der Waals surface area contributed by atoms with Crippen molar-refractivity contribution in [3.05, 3.63) is 136 Å². The zero-order chi connectivity index (χ0) is 30.5. The van der Waals surface area contributed by atoms with Gasteiger partial charge in [-0.25, -0.2) is 0 Å². The molecule has 0 radical (unpaired) electrons. The maximum atomic E-state index is 13.6. The van der Waals surface area contributed by atoms with Crippen molar-refractivity contribution in [2.24, 2.45) is 0 Å². The monoisotopic (exact) mass is 646 g/mol. The van der Waals surface area contributed by atoms with Crippen LogP contribution in [0, 0.1) is 0 Å². The summed E-state index contributed by atoms with van der Waals surface area (Å²) in [7, 11) is 0. The number of nitrogens with one attached hydrogen (secondary N) is 1. The van der Waals surface area contributed by atoms with Gasteiger partial charge >= 0.3 is 6.18 Å². The minimum atomic E-state index is -4.52. The Morgan fingerprint density at radius 2 is 1.50 bits per heavy atom. The molecule has 0 fully saturated rings. The summed E-state index contributed by atoms with van der Waals surface area (Å²) in [4.78, 5) is 2.17. The molecule has 2 N–H and O–H groups in total. The Balaban J connectivity index is 0.00000529. The molecule has 0 bridgehead atoms. The third-order valence-corrected chi connectivity index (χ3v) is 7.73. The summed E-state index contributed by atoms with van der Waals surface area (Å²) in [5.41, 5.74) is 3.03. The van der Waals surface area contributed by atoms with Crippen molar-refractivity contribution in [2.45, 2.75) is 31.5 Å². The Kier molecular flexibility index (Phi) is 14.5. The molecule has 0 atom stereocenters. The molecule has 0 aromatic heterocycles. The van der Waals surface area contributed by atoms with E-state index in [1.54, 1.807) is 6.07 Å². The van der Waals surface area contributed by atoms with Crippen LogP contribution in [-0.2, 0) is 19.1 Å². The number of rotatable bonds is 16. The molecule has 4 aromatic rings. The quantitative estimate of drug-likeness (QED) is 0.121. The first-order valence-electron chi connectivity index (χ1n) is 14.6. The van der Waals surface area contributed by atoms with Crippen molar-refractivity contribution >= 4 is 24.0 Å². The molecule has 44 heavy (non-hydrogen) atoms. The summed E-state index contributed by atoms with van der Waals surface area (Å²) in [6.07, 6.45) is -3.02. The van der Waals surface area contributed by atoms with Crippen LogP contribution < -0.4 is 10.1 Å². The maximum absolute atomic E-state index is 13.6. The Morgan fingerprint density at radius 1 is 0.841 bits per heavy atom. The zero-order valence-corrected chi connectivity index (χ0v) is 26.1. The SMILES string of the molecule is Cl.OCCNCCc1cccc(OCCCN(Cc2cccc(C(F)(F)F)c2Cl)CC(c2ccccc2)c2ccccc2)c1. The van der Waals surface area contributed by atoms with Crippen molar-refractivity contribution in [2.75, 3.05) is 39.4 Å². The van der Waals surface area contributed by atoms with Crippen molar-refractivity contribution in [1.29, 1.82) is 0 Å². The Hall–Kier alpha value is -3.07. The zero-order valence-electron chi connectivity index (χ0n) is 24.5. The second-order valence-corrected chi connectivity index (χ2v) is 10.8. The minimum Gasteiger partial charge on any atom is -0.494 e. The Bertz CT molecular complexity index is 1350. The molecule has 0 aliphatic carbocycles. The first-order chi connectivity index (χ1) is 20.8. The molecule has 4 nitrogen and oxygen atoms in total. The topological polar surface area (TPSA) is 44.7 Å². The van der Waals surface area contributed by atoms with Gasteiger partial charge in [0.25, 0.3) is 0 Å². The summed E-state index contributed by atoms with van der Waals surface area (Å²) < 4.78 is 47.0. The number of hydrogen-bond acceptors (Lipinski definition) is 4. The molecule has 4 aromatic carbocycles. The minimum absolute atomic E-state index is 0. The molecule has 4 rings (SSSR count). The lowest BCUT2D eigenvalue weighted by atomic mass is 9.90. The summed E-state index contributed by atoms with van der Waals surface area (Å²) in [6.45, 7) is 3.37. The average molecular weight is 648 g/mol. The van der Waals surface area contributed by atoms with E-state index < -0.39 is 11.7 Å². The Morgan fingerprint density at radius 3 is 2.14 bits per heavy atom. The molecule has 0 saturated carbocycles. The van der Waals surface area contributed by atoms with Gasteiger partial charge in [-0.1, -0.05) is 96.5 Å². The lowest BCUT2D eigenvalue weighted by Gasteiger charge is -2.29. The predicted molar refractivity (Wildman–Crippen MR) is 174 cm³/mol. The molecular formula is C35H39Cl2F3N2O2. The van der Waals surface area contributed by atoms with Crippen molar-refractivity contribution < 1.29 is 23.0 Å². The van der Waals surface area contributed by atoms with Crippen LogP contribution in [0.2, 0.25) is 5.02 Å². The number of hydrogen-bond donors (Lipinski definition) is 2. The van der Waals surface area contributed by atoms with Gasteiger partial charge in [-0.05, 0) is 59.8 Å². The third-order valence-electron chi connectivity index (χ3n) is 7.29. The van der Waals surface area contributed by atoms with Crippen LogP contribution in [0.5, 0.6) is 5.75 Å². The van der Waals surface area contributed by atoms with Gasteiger partial charge in [0, 0.05) is 32.1 Å². The summed E-state index contributed by atoms with van der Waals surface area (Å²) >= 11 is 6.33. The van der Waals surface area contributed by atoms with E-state index in [0.717, 1.165) is 41.5 Å². The van der Waals surface area contributed by atoms with Gasteiger partial charge in [0.05, 0.1) is 23.8 Å². The number of halogens is 5. The summed E-state index contributed by atoms with van der Waals surface area (Å²) in [6, 6.07) is 32.4. The number of nitrogens with zero attached hydrogens (tertiary/aromatic N) is 1. The van der Waals surface area contributed by atoms with Crippen LogP contribution in [0.3, 0.4) is 0 Å².